The van der Waals surface area contributed by atoms with Crippen LogP contribution in [0.1, 0.15) is 42.5 Å². The Morgan fingerprint density at radius 2 is 2.00 bits per heavy atom. The summed E-state index contributed by atoms with van der Waals surface area (Å²) in [5, 5.41) is 25.8. The number of carboxylic acid groups (broad SMARTS) is 1. The fourth-order valence-electron chi connectivity index (χ4n) is 4.32. The van der Waals surface area contributed by atoms with Crippen molar-refractivity contribution in [2.75, 3.05) is 12.4 Å². The summed E-state index contributed by atoms with van der Waals surface area (Å²) in [6.07, 6.45) is 2.83. The van der Waals surface area contributed by atoms with Crippen LogP contribution in [-0.4, -0.2) is 34.0 Å². The highest BCUT2D eigenvalue weighted by Crippen LogP contribution is 2.37. The quantitative estimate of drug-likeness (QED) is 0.435. The summed E-state index contributed by atoms with van der Waals surface area (Å²) in [4.78, 5) is 33.6. The molecule has 0 unspecified atom stereocenters. The SMILES string of the molecule is CNCc1cc(C)nc(Sc2nc3ccc(NC(=O)[C@H]4CCCC[C@H]4C(=O)O)cc3s2)c1C#N. The Hall–Kier alpha value is -3.00. The molecule has 34 heavy (non-hydrogen) atoms. The second kappa shape index (κ2) is 10.5. The Bertz CT molecular complexity index is 1280. The maximum Gasteiger partial charge on any atom is 0.307 e. The number of thiazole rings is 1. The number of nitriles is 1. The third-order valence-corrected chi connectivity index (χ3v) is 7.98. The Labute approximate surface area is 205 Å². The van der Waals surface area contributed by atoms with Crippen LogP contribution in [0.15, 0.2) is 33.6 Å². The predicted octanol–water partition coefficient (Wildman–Crippen LogP) is 4.57. The molecule has 3 N–H and O–H groups in total. The summed E-state index contributed by atoms with van der Waals surface area (Å²) in [5.74, 6) is -2.30. The van der Waals surface area contributed by atoms with Gasteiger partial charge in [0.1, 0.15) is 11.1 Å². The van der Waals surface area contributed by atoms with Crippen molar-refractivity contribution in [1.82, 2.24) is 15.3 Å². The Morgan fingerprint density at radius 3 is 2.71 bits per heavy atom. The highest BCUT2D eigenvalue weighted by Gasteiger charge is 2.35. The molecule has 0 spiro atoms. The molecule has 1 aromatic carbocycles. The van der Waals surface area contributed by atoms with E-state index >= 15 is 0 Å². The molecule has 0 radical (unpaired) electrons. The molecular formula is C24H25N5O3S2. The molecule has 1 aliphatic carbocycles. The lowest BCUT2D eigenvalue weighted by atomic mass is 9.78. The number of hydrogen-bond acceptors (Lipinski definition) is 8. The number of amides is 1. The Kier molecular flexibility index (Phi) is 7.46. The second-order valence-electron chi connectivity index (χ2n) is 8.33. The van der Waals surface area contributed by atoms with Crippen molar-refractivity contribution in [3.05, 3.63) is 41.1 Å². The number of hydrogen-bond donors (Lipinski definition) is 3. The van der Waals surface area contributed by atoms with Crippen molar-refractivity contribution >= 4 is 50.9 Å². The van der Waals surface area contributed by atoms with Gasteiger partial charge in [-0.05, 0) is 68.4 Å². The van der Waals surface area contributed by atoms with Crippen LogP contribution in [0.2, 0.25) is 0 Å². The summed E-state index contributed by atoms with van der Waals surface area (Å²) in [7, 11) is 1.84. The number of carbonyl (C=O) groups is 2. The minimum absolute atomic E-state index is 0.245. The number of fused-ring (bicyclic) bond motifs is 1. The maximum atomic E-state index is 12.8. The third kappa shape index (κ3) is 5.22. The van der Waals surface area contributed by atoms with Crippen molar-refractivity contribution in [2.24, 2.45) is 11.8 Å². The number of benzene rings is 1. The first-order chi connectivity index (χ1) is 16.4. The van der Waals surface area contributed by atoms with E-state index in [9.17, 15) is 20.0 Å². The van der Waals surface area contributed by atoms with Gasteiger partial charge in [-0.3, -0.25) is 9.59 Å². The molecule has 10 heteroatoms. The first kappa shape index (κ1) is 24.1. The molecular weight excluding hydrogens is 470 g/mol. The van der Waals surface area contributed by atoms with Gasteiger partial charge >= 0.3 is 5.97 Å². The number of nitrogens with zero attached hydrogens (tertiary/aromatic N) is 3. The van der Waals surface area contributed by atoms with Gasteiger partial charge in [0.05, 0.1) is 27.6 Å². The Balaban J connectivity index is 1.55. The van der Waals surface area contributed by atoms with Gasteiger partial charge in [-0.25, -0.2) is 9.97 Å². The summed E-state index contributed by atoms with van der Waals surface area (Å²) >= 11 is 2.82. The first-order valence-corrected chi connectivity index (χ1v) is 12.7. The van der Waals surface area contributed by atoms with Crippen LogP contribution < -0.4 is 10.6 Å². The van der Waals surface area contributed by atoms with Crippen molar-refractivity contribution in [3.63, 3.8) is 0 Å². The number of aliphatic carboxylic acids is 1. The number of aryl methyl sites for hydroxylation is 1. The predicted molar refractivity (Wildman–Crippen MR) is 132 cm³/mol. The van der Waals surface area contributed by atoms with E-state index in [1.54, 1.807) is 6.07 Å². The van der Waals surface area contributed by atoms with Crippen LogP contribution in [-0.2, 0) is 16.1 Å². The molecule has 1 amide bonds. The van der Waals surface area contributed by atoms with Crippen molar-refractivity contribution in [2.45, 2.75) is 48.5 Å². The summed E-state index contributed by atoms with van der Waals surface area (Å²) in [5.41, 5.74) is 3.68. The molecule has 1 saturated carbocycles. The number of pyridine rings is 1. The molecule has 2 heterocycles. The maximum absolute atomic E-state index is 12.8. The standard InChI is InChI=1S/C24H25N5O3S2/c1-13-9-14(12-26-2)18(11-25)22(27-13)34-24-29-19-8-7-15(10-20(19)33-24)28-21(30)16-5-3-4-6-17(16)23(31)32/h7-10,16-17,26H,3-6,12H2,1-2H3,(H,28,30)(H,31,32)/t16-,17+/m0/s1. The number of carbonyl (C=O) groups excluding carboxylic acids is 1. The zero-order chi connectivity index (χ0) is 24.2. The summed E-state index contributed by atoms with van der Waals surface area (Å²) in [6, 6.07) is 9.65. The summed E-state index contributed by atoms with van der Waals surface area (Å²) in [6.45, 7) is 2.48. The lowest BCUT2D eigenvalue weighted by molar-refractivity contribution is -0.147. The van der Waals surface area contributed by atoms with Gasteiger partial charge in [-0.15, -0.1) is 11.3 Å². The number of carboxylic acids is 1. The average molecular weight is 496 g/mol. The smallest absolute Gasteiger partial charge is 0.307 e. The van der Waals surface area contributed by atoms with E-state index in [0.717, 1.165) is 38.7 Å². The van der Waals surface area contributed by atoms with E-state index in [1.165, 1.54) is 23.1 Å². The number of rotatable bonds is 7. The van der Waals surface area contributed by atoms with E-state index in [1.807, 2.05) is 32.2 Å². The molecule has 4 rings (SSSR count). The number of anilines is 1. The largest absolute Gasteiger partial charge is 0.481 e. The molecule has 0 bridgehead atoms. The molecule has 0 aliphatic heterocycles. The van der Waals surface area contributed by atoms with E-state index in [2.05, 4.69) is 26.7 Å². The van der Waals surface area contributed by atoms with E-state index < -0.39 is 17.8 Å². The molecule has 1 fully saturated rings. The van der Waals surface area contributed by atoms with E-state index in [-0.39, 0.29) is 5.91 Å². The van der Waals surface area contributed by atoms with Crippen LogP contribution in [0.3, 0.4) is 0 Å². The number of aromatic nitrogens is 2. The van der Waals surface area contributed by atoms with Crippen LogP contribution >= 0.6 is 23.1 Å². The second-order valence-corrected chi connectivity index (χ2v) is 10.6. The highest BCUT2D eigenvalue weighted by atomic mass is 32.2. The molecule has 2 aromatic heterocycles. The van der Waals surface area contributed by atoms with Gasteiger partial charge in [-0.2, -0.15) is 5.26 Å². The van der Waals surface area contributed by atoms with Crippen molar-refractivity contribution < 1.29 is 14.7 Å². The average Bonchev–Trinajstić information content (AvgIpc) is 3.20. The zero-order valence-corrected chi connectivity index (χ0v) is 20.6. The molecule has 8 nitrogen and oxygen atoms in total. The van der Waals surface area contributed by atoms with Crippen LogP contribution in [0.25, 0.3) is 10.2 Å². The van der Waals surface area contributed by atoms with E-state index in [0.29, 0.717) is 35.7 Å². The molecule has 176 valence electrons. The minimum atomic E-state index is -0.904. The van der Waals surface area contributed by atoms with Crippen LogP contribution in [0.5, 0.6) is 0 Å². The van der Waals surface area contributed by atoms with Crippen LogP contribution in [0, 0.1) is 30.1 Å². The highest BCUT2D eigenvalue weighted by molar-refractivity contribution is 8.01. The normalized spacial score (nSPS) is 17.9. The molecule has 2 atom stereocenters. The molecule has 3 aromatic rings. The minimum Gasteiger partial charge on any atom is -0.481 e. The zero-order valence-electron chi connectivity index (χ0n) is 18.9. The molecule has 1 aliphatic rings. The van der Waals surface area contributed by atoms with Gasteiger partial charge in [0.25, 0.3) is 0 Å². The topological polar surface area (TPSA) is 128 Å². The van der Waals surface area contributed by atoms with Gasteiger partial charge in [0.15, 0.2) is 4.34 Å². The van der Waals surface area contributed by atoms with Gasteiger partial charge < -0.3 is 15.7 Å². The lowest BCUT2D eigenvalue weighted by Gasteiger charge is -2.27. The van der Waals surface area contributed by atoms with Gasteiger partial charge in [0.2, 0.25) is 5.91 Å². The Morgan fingerprint density at radius 1 is 1.24 bits per heavy atom. The van der Waals surface area contributed by atoms with Crippen molar-refractivity contribution in [1.29, 1.82) is 5.26 Å². The summed E-state index contributed by atoms with van der Waals surface area (Å²) < 4.78 is 1.64. The fourth-order valence-corrected chi connectivity index (χ4v) is 6.50. The lowest BCUT2D eigenvalue weighted by Crippen LogP contribution is -2.36. The van der Waals surface area contributed by atoms with Gasteiger partial charge in [0, 0.05) is 17.9 Å². The number of nitrogens with one attached hydrogen (secondary N) is 2. The monoisotopic (exact) mass is 495 g/mol. The molecule has 0 saturated heterocycles. The van der Waals surface area contributed by atoms with Gasteiger partial charge in [-0.1, -0.05) is 12.8 Å². The van der Waals surface area contributed by atoms with Crippen molar-refractivity contribution in [3.8, 4) is 6.07 Å². The van der Waals surface area contributed by atoms with E-state index in [4.69, 9.17) is 0 Å². The first-order valence-electron chi connectivity index (χ1n) is 11.1. The van der Waals surface area contributed by atoms with Crippen LogP contribution in [0.4, 0.5) is 5.69 Å². The third-order valence-electron chi connectivity index (χ3n) is 5.92. The fraction of sp³-hybridized carbons (Fsp3) is 0.375.